The molecule has 0 heterocycles. The van der Waals surface area contributed by atoms with Crippen molar-refractivity contribution in [3.63, 3.8) is 0 Å². The Balaban J connectivity index is 1.96. The second kappa shape index (κ2) is 7.36. The molecule has 0 aliphatic heterocycles. The van der Waals surface area contributed by atoms with Crippen LogP contribution in [0, 0.1) is 0 Å². The van der Waals surface area contributed by atoms with Crippen molar-refractivity contribution in [3.8, 4) is 0 Å². The van der Waals surface area contributed by atoms with Crippen LogP contribution in [-0.2, 0) is 0 Å². The van der Waals surface area contributed by atoms with Gasteiger partial charge in [-0.25, -0.2) is 4.79 Å². The summed E-state index contributed by atoms with van der Waals surface area (Å²) >= 11 is 17.8. The number of carbonyl (C=O) groups excluding carboxylic acids is 1. The molecular formula is C15H11Cl3N2O. The van der Waals surface area contributed by atoms with E-state index in [1.807, 2.05) is 18.2 Å². The highest BCUT2D eigenvalue weighted by molar-refractivity contribution is 6.35. The van der Waals surface area contributed by atoms with Gasteiger partial charge in [-0.3, -0.25) is 0 Å². The molecule has 0 spiro atoms. The second-order valence-corrected chi connectivity index (χ2v) is 5.33. The molecule has 0 aliphatic rings. The van der Waals surface area contributed by atoms with Gasteiger partial charge in [0.05, 0.1) is 10.7 Å². The van der Waals surface area contributed by atoms with Gasteiger partial charge in [0.2, 0.25) is 0 Å². The number of anilines is 1. The van der Waals surface area contributed by atoms with Gasteiger partial charge in [-0.05, 0) is 35.9 Å². The summed E-state index contributed by atoms with van der Waals surface area (Å²) in [4.78, 5) is 11.7. The third-order valence-electron chi connectivity index (χ3n) is 2.56. The number of halogens is 3. The van der Waals surface area contributed by atoms with Crippen molar-refractivity contribution in [2.24, 2.45) is 0 Å². The zero-order valence-electron chi connectivity index (χ0n) is 10.7. The van der Waals surface area contributed by atoms with Crippen molar-refractivity contribution in [2.45, 2.75) is 0 Å². The van der Waals surface area contributed by atoms with Gasteiger partial charge in [0.25, 0.3) is 0 Å². The predicted molar refractivity (Wildman–Crippen MR) is 89.1 cm³/mol. The number of carbonyl (C=O) groups is 1. The van der Waals surface area contributed by atoms with Gasteiger partial charge in [-0.1, -0.05) is 53.0 Å². The highest BCUT2D eigenvalue weighted by Gasteiger charge is 2.04. The third-order valence-corrected chi connectivity index (χ3v) is 3.47. The minimum atomic E-state index is -0.428. The summed E-state index contributed by atoms with van der Waals surface area (Å²) < 4.78 is 0. The Labute approximate surface area is 137 Å². The number of rotatable bonds is 3. The molecule has 3 nitrogen and oxygen atoms in total. The molecule has 2 rings (SSSR count). The van der Waals surface area contributed by atoms with Crippen LogP contribution in [0.5, 0.6) is 0 Å². The summed E-state index contributed by atoms with van der Waals surface area (Å²) in [7, 11) is 0. The maximum absolute atomic E-state index is 11.7. The predicted octanol–water partition coefficient (Wildman–Crippen LogP) is 5.44. The van der Waals surface area contributed by atoms with Gasteiger partial charge < -0.3 is 10.6 Å². The topological polar surface area (TPSA) is 41.1 Å². The normalized spacial score (nSPS) is 10.6. The zero-order chi connectivity index (χ0) is 15.2. The van der Waals surface area contributed by atoms with Crippen LogP contribution in [0.15, 0.2) is 48.7 Å². The third kappa shape index (κ3) is 4.67. The van der Waals surface area contributed by atoms with E-state index in [1.54, 1.807) is 30.3 Å². The first kappa shape index (κ1) is 15.7. The van der Waals surface area contributed by atoms with Crippen LogP contribution in [0.25, 0.3) is 6.08 Å². The number of hydrogen-bond acceptors (Lipinski definition) is 1. The fraction of sp³-hybridized carbons (Fsp3) is 0. The Morgan fingerprint density at radius 3 is 2.52 bits per heavy atom. The molecule has 0 aromatic heterocycles. The average Bonchev–Trinajstić information content (AvgIpc) is 2.45. The molecule has 0 atom stereocenters. The molecule has 21 heavy (non-hydrogen) atoms. The minimum Gasteiger partial charge on any atom is -0.314 e. The molecular weight excluding hydrogens is 331 g/mol. The number of urea groups is 1. The molecule has 2 N–H and O–H groups in total. The molecule has 108 valence electrons. The lowest BCUT2D eigenvalue weighted by molar-refractivity contribution is 0.255. The first-order valence-electron chi connectivity index (χ1n) is 6.00. The molecule has 0 saturated heterocycles. The first-order valence-corrected chi connectivity index (χ1v) is 7.13. The van der Waals surface area contributed by atoms with Crippen molar-refractivity contribution in [2.75, 3.05) is 5.32 Å². The Morgan fingerprint density at radius 2 is 1.76 bits per heavy atom. The Bertz CT molecular complexity index is 686. The van der Waals surface area contributed by atoms with Crippen molar-refractivity contribution in [1.82, 2.24) is 5.32 Å². The van der Waals surface area contributed by atoms with Gasteiger partial charge in [-0.15, -0.1) is 0 Å². The molecule has 0 aliphatic carbocycles. The lowest BCUT2D eigenvalue weighted by Crippen LogP contribution is -2.23. The van der Waals surface area contributed by atoms with Crippen LogP contribution in [-0.4, -0.2) is 6.03 Å². The average molecular weight is 342 g/mol. The fourth-order valence-electron chi connectivity index (χ4n) is 1.57. The standard InChI is InChI=1S/C15H11Cl3N2O/c16-11-5-6-13(18)14(9-11)20-15(21)19-8-7-10-3-1-2-4-12(10)17/h1-9H,(H2,19,20,21)/b8-7+. The van der Waals surface area contributed by atoms with E-state index in [1.165, 1.54) is 6.20 Å². The number of nitrogens with one attached hydrogen (secondary N) is 2. The van der Waals surface area contributed by atoms with Gasteiger partial charge in [0, 0.05) is 16.2 Å². The lowest BCUT2D eigenvalue weighted by atomic mass is 10.2. The second-order valence-electron chi connectivity index (χ2n) is 4.08. The van der Waals surface area contributed by atoms with E-state index in [4.69, 9.17) is 34.8 Å². The van der Waals surface area contributed by atoms with Gasteiger partial charge in [-0.2, -0.15) is 0 Å². The maximum Gasteiger partial charge on any atom is 0.323 e. The SMILES string of the molecule is O=C(N/C=C/c1ccccc1Cl)Nc1cc(Cl)ccc1Cl. The fourth-order valence-corrected chi connectivity index (χ4v) is 2.10. The Morgan fingerprint density at radius 1 is 1.00 bits per heavy atom. The molecule has 0 saturated carbocycles. The number of amides is 2. The van der Waals surface area contributed by atoms with E-state index in [0.717, 1.165) is 5.56 Å². The summed E-state index contributed by atoms with van der Waals surface area (Å²) in [6.07, 6.45) is 3.19. The van der Waals surface area contributed by atoms with Crippen LogP contribution in [0.3, 0.4) is 0 Å². The van der Waals surface area contributed by atoms with E-state index in [-0.39, 0.29) is 0 Å². The number of hydrogen-bond donors (Lipinski definition) is 2. The highest BCUT2D eigenvalue weighted by atomic mass is 35.5. The summed E-state index contributed by atoms with van der Waals surface area (Å²) in [6, 6.07) is 11.7. The quantitative estimate of drug-likeness (QED) is 0.767. The van der Waals surface area contributed by atoms with Gasteiger partial charge in [0.1, 0.15) is 0 Å². The Kier molecular flexibility index (Phi) is 5.51. The van der Waals surface area contributed by atoms with Crippen LogP contribution in [0.1, 0.15) is 5.56 Å². The van der Waals surface area contributed by atoms with E-state index in [0.29, 0.717) is 20.8 Å². The number of benzene rings is 2. The lowest BCUT2D eigenvalue weighted by Gasteiger charge is -2.07. The van der Waals surface area contributed by atoms with Crippen LogP contribution in [0.4, 0.5) is 10.5 Å². The van der Waals surface area contributed by atoms with E-state index >= 15 is 0 Å². The largest absolute Gasteiger partial charge is 0.323 e. The summed E-state index contributed by atoms with van der Waals surface area (Å²) in [5.41, 5.74) is 1.24. The monoisotopic (exact) mass is 340 g/mol. The zero-order valence-corrected chi connectivity index (χ0v) is 13.0. The van der Waals surface area contributed by atoms with Gasteiger partial charge >= 0.3 is 6.03 Å². The van der Waals surface area contributed by atoms with Crippen LogP contribution < -0.4 is 10.6 Å². The molecule has 6 heteroatoms. The van der Waals surface area contributed by atoms with Crippen molar-refractivity contribution in [1.29, 1.82) is 0 Å². The van der Waals surface area contributed by atoms with Crippen LogP contribution >= 0.6 is 34.8 Å². The van der Waals surface area contributed by atoms with E-state index in [9.17, 15) is 4.79 Å². The molecule has 0 bridgehead atoms. The molecule has 0 fully saturated rings. The molecule has 2 aromatic rings. The molecule has 0 unspecified atom stereocenters. The maximum atomic E-state index is 11.7. The van der Waals surface area contributed by atoms with E-state index in [2.05, 4.69) is 10.6 Å². The summed E-state index contributed by atoms with van der Waals surface area (Å²) in [6.45, 7) is 0. The van der Waals surface area contributed by atoms with Gasteiger partial charge in [0.15, 0.2) is 0 Å². The molecule has 0 radical (unpaired) electrons. The molecule has 2 aromatic carbocycles. The van der Waals surface area contributed by atoms with Crippen LogP contribution in [0.2, 0.25) is 15.1 Å². The van der Waals surface area contributed by atoms with Crippen molar-refractivity contribution >= 4 is 52.6 Å². The minimum absolute atomic E-state index is 0.407. The summed E-state index contributed by atoms with van der Waals surface area (Å²) in [5, 5.41) is 6.66. The van der Waals surface area contributed by atoms with Crippen molar-refractivity contribution < 1.29 is 4.79 Å². The van der Waals surface area contributed by atoms with E-state index < -0.39 is 6.03 Å². The highest BCUT2D eigenvalue weighted by Crippen LogP contribution is 2.25. The first-order chi connectivity index (χ1) is 10.1. The molecule has 2 amide bonds. The Hall–Kier alpha value is -1.68. The van der Waals surface area contributed by atoms with Crippen molar-refractivity contribution in [3.05, 3.63) is 69.3 Å². The smallest absolute Gasteiger partial charge is 0.314 e. The summed E-state index contributed by atoms with van der Waals surface area (Å²) in [5.74, 6) is 0.